The molecule has 0 bridgehead atoms. The smallest absolute Gasteiger partial charge is 0.311 e. The van der Waals surface area contributed by atoms with Crippen LogP contribution in [0.25, 0.3) is 0 Å². The van der Waals surface area contributed by atoms with Crippen molar-refractivity contribution in [3.05, 3.63) is 16.9 Å². The van der Waals surface area contributed by atoms with Gasteiger partial charge in [-0.25, -0.2) is 4.98 Å². The normalized spacial score (nSPS) is 13.8. The van der Waals surface area contributed by atoms with Crippen molar-refractivity contribution >= 4 is 40.1 Å². The fraction of sp³-hybridized carbons (Fsp3) is 0.588. The number of hydrogen-bond acceptors (Lipinski definition) is 8. The van der Waals surface area contributed by atoms with Crippen LogP contribution in [-0.2, 0) is 20.7 Å². The lowest BCUT2D eigenvalue weighted by Gasteiger charge is -2.13. The number of thiazole rings is 1. The summed E-state index contributed by atoms with van der Waals surface area (Å²) in [5.41, 5.74) is 0.593. The van der Waals surface area contributed by atoms with Gasteiger partial charge in [-0.3, -0.25) is 9.59 Å². The van der Waals surface area contributed by atoms with Gasteiger partial charge in [-0.2, -0.15) is 0 Å². The Balaban J connectivity index is 1.53. The topological polar surface area (TPSA) is 99.0 Å². The largest absolute Gasteiger partial charge is 0.466 e. The molecule has 0 aliphatic heterocycles. The van der Waals surface area contributed by atoms with E-state index in [9.17, 15) is 9.59 Å². The van der Waals surface area contributed by atoms with Crippen molar-refractivity contribution in [2.75, 3.05) is 17.7 Å². The zero-order valence-corrected chi connectivity index (χ0v) is 17.2. The van der Waals surface area contributed by atoms with Crippen LogP contribution < -0.4 is 5.32 Å². The zero-order chi connectivity index (χ0) is 19.4. The standard InChI is InChI=1S/C17H23N5O3S2/c1-4-25-14(24)7-12-8-26-16(18-12)19-13(23)9-27-17-21-20-15(11-5-6-11)22(17)10(2)3/h8,10-11H,4-7,9H2,1-3H3,(H,18,19,23). The number of carbonyl (C=O) groups excluding carboxylic acids is 2. The van der Waals surface area contributed by atoms with Gasteiger partial charge in [-0.15, -0.1) is 21.5 Å². The number of anilines is 1. The first-order chi connectivity index (χ1) is 13.0. The summed E-state index contributed by atoms with van der Waals surface area (Å²) in [5.74, 6) is 1.27. The van der Waals surface area contributed by atoms with Crippen LogP contribution >= 0.6 is 23.1 Å². The molecule has 2 heterocycles. The quantitative estimate of drug-likeness (QED) is 0.502. The summed E-state index contributed by atoms with van der Waals surface area (Å²) < 4.78 is 7.02. The highest BCUT2D eigenvalue weighted by Crippen LogP contribution is 2.41. The molecule has 8 nitrogen and oxygen atoms in total. The monoisotopic (exact) mass is 409 g/mol. The molecule has 0 radical (unpaired) electrons. The van der Waals surface area contributed by atoms with Crippen LogP contribution in [0.5, 0.6) is 0 Å². The summed E-state index contributed by atoms with van der Waals surface area (Å²) in [5, 5.41) is 14.3. The molecule has 27 heavy (non-hydrogen) atoms. The molecule has 2 aromatic rings. The lowest BCUT2D eigenvalue weighted by Crippen LogP contribution is -2.15. The number of ether oxygens (including phenoxy) is 1. The van der Waals surface area contributed by atoms with E-state index in [2.05, 4.69) is 38.9 Å². The van der Waals surface area contributed by atoms with E-state index in [-0.39, 0.29) is 30.1 Å². The number of nitrogens with one attached hydrogen (secondary N) is 1. The summed E-state index contributed by atoms with van der Waals surface area (Å²) in [4.78, 5) is 28.0. The van der Waals surface area contributed by atoms with Crippen molar-refractivity contribution in [3.8, 4) is 0 Å². The van der Waals surface area contributed by atoms with E-state index >= 15 is 0 Å². The lowest BCUT2D eigenvalue weighted by atomic mass is 10.3. The molecule has 0 unspecified atom stereocenters. The molecule has 146 valence electrons. The number of carbonyl (C=O) groups is 2. The molecule has 10 heteroatoms. The maximum atomic E-state index is 12.2. The summed E-state index contributed by atoms with van der Waals surface area (Å²) in [6.45, 7) is 6.29. The van der Waals surface area contributed by atoms with Gasteiger partial charge in [0, 0.05) is 17.3 Å². The van der Waals surface area contributed by atoms with Crippen molar-refractivity contribution < 1.29 is 14.3 Å². The van der Waals surface area contributed by atoms with Crippen molar-refractivity contribution in [1.29, 1.82) is 0 Å². The molecule has 0 atom stereocenters. The Morgan fingerprint density at radius 3 is 2.85 bits per heavy atom. The lowest BCUT2D eigenvalue weighted by molar-refractivity contribution is -0.142. The number of nitrogens with zero attached hydrogens (tertiary/aromatic N) is 4. The minimum absolute atomic E-state index is 0.108. The van der Waals surface area contributed by atoms with Crippen LogP contribution in [0.3, 0.4) is 0 Å². The summed E-state index contributed by atoms with van der Waals surface area (Å²) in [7, 11) is 0. The molecule has 1 amide bonds. The van der Waals surface area contributed by atoms with Gasteiger partial charge in [-0.1, -0.05) is 11.8 Å². The second kappa shape index (κ2) is 8.83. The molecule has 0 saturated heterocycles. The van der Waals surface area contributed by atoms with Crippen molar-refractivity contribution in [2.24, 2.45) is 0 Å². The third-order valence-corrected chi connectivity index (χ3v) is 5.66. The van der Waals surface area contributed by atoms with E-state index in [0.717, 1.165) is 23.8 Å². The van der Waals surface area contributed by atoms with Gasteiger partial charge in [0.05, 0.1) is 24.5 Å². The number of aromatic nitrogens is 4. The fourth-order valence-electron chi connectivity index (χ4n) is 2.58. The summed E-state index contributed by atoms with van der Waals surface area (Å²) >= 11 is 2.66. The molecule has 0 spiro atoms. The van der Waals surface area contributed by atoms with Crippen LogP contribution in [0, 0.1) is 0 Å². The zero-order valence-electron chi connectivity index (χ0n) is 15.6. The third-order valence-electron chi connectivity index (χ3n) is 3.91. The van der Waals surface area contributed by atoms with E-state index < -0.39 is 0 Å². The van der Waals surface area contributed by atoms with Crippen LogP contribution in [0.15, 0.2) is 10.5 Å². The Morgan fingerprint density at radius 2 is 2.19 bits per heavy atom. The molecule has 1 aliphatic rings. The van der Waals surface area contributed by atoms with Gasteiger partial charge in [0.25, 0.3) is 0 Å². The van der Waals surface area contributed by atoms with E-state index in [1.165, 1.54) is 23.1 Å². The third kappa shape index (κ3) is 5.29. The molecule has 1 fully saturated rings. The molecular weight excluding hydrogens is 386 g/mol. The van der Waals surface area contributed by atoms with Crippen molar-refractivity contribution in [3.63, 3.8) is 0 Å². The highest BCUT2D eigenvalue weighted by atomic mass is 32.2. The number of hydrogen-bond donors (Lipinski definition) is 1. The predicted molar refractivity (Wildman–Crippen MR) is 104 cm³/mol. The predicted octanol–water partition coefficient (Wildman–Crippen LogP) is 3.03. The van der Waals surface area contributed by atoms with Gasteiger partial charge in [0.1, 0.15) is 5.82 Å². The molecule has 0 aromatic carbocycles. The molecule has 1 aliphatic carbocycles. The van der Waals surface area contributed by atoms with Crippen molar-refractivity contribution in [1.82, 2.24) is 19.7 Å². The molecular formula is C17H23N5O3S2. The van der Waals surface area contributed by atoms with Gasteiger partial charge in [0.2, 0.25) is 5.91 Å². The van der Waals surface area contributed by atoms with Gasteiger partial charge in [-0.05, 0) is 33.6 Å². The van der Waals surface area contributed by atoms with Crippen LogP contribution in [0.1, 0.15) is 57.1 Å². The fourth-order valence-corrected chi connectivity index (χ4v) is 4.18. The van der Waals surface area contributed by atoms with Crippen LogP contribution in [0.2, 0.25) is 0 Å². The second-order valence-electron chi connectivity index (χ2n) is 6.54. The first kappa shape index (κ1) is 19.8. The van der Waals surface area contributed by atoms with E-state index in [4.69, 9.17) is 4.74 Å². The van der Waals surface area contributed by atoms with E-state index in [1.54, 1.807) is 12.3 Å². The SMILES string of the molecule is CCOC(=O)Cc1csc(NC(=O)CSc2nnc(C3CC3)n2C(C)C)n1. The van der Waals surface area contributed by atoms with Crippen molar-refractivity contribution in [2.45, 2.75) is 57.1 Å². The Hall–Kier alpha value is -1.94. The minimum atomic E-state index is -0.323. The first-order valence-corrected chi connectivity index (χ1v) is 10.8. The van der Waals surface area contributed by atoms with Gasteiger partial charge >= 0.3 is 5.97 Å². The van der Waals surface area contributed by atoms with Crippen LogP contribution in [0.4, 0.5) is 5.13 Å². The molecule has 2 aromatic heterocycles. The summed E-state index contributed by atoms with van der Waals surface area (Å²) in [6.07, 6.45) is 2.43. The van der Waals surface area contributed by atoms with Gasteiger partial charge < -0.3 is 14.6 Å². The summed E-state index contributed by atoms with van der Waals surface area (Å²) in [6, 6.07) is 0.255. The number of thioether (sulfide) groups is 1. The average molecular weight is 410 g/mol. The van der Waals surface area contributed by atoms with E-state index in [0.29, 0.717) is 23.4 Å². The number of esters is 1. The molecule has 3 rings (SSSR count). The Bertz CT molecular complexity index is 813. The number of amides is 1. The maximum Gasteiger partial charge on any atom is 0.311 e. The molecule has 1 N–H and O–H groups in total. The minimum Gasteiger partial charge on any atom is -0.466 e. The Labute approximate surface area is 166 Å². The van der Waals surface area contributed by atoms with E-state index in [1.807, 2.05) is 0 Å². The number of rotatable bonds is 9. The highest BCUT2D eigenvalue weighted by molar-refractivity contribution is 7.99. The van der Waals surface area contributed by atoms with Crippen LogP contribution in [-0.4, -0.2) is 44.0 Å². The Kier molecular flexibility index (Phi) is 6.48. The molecule has 1 saturated carbocycles. The van der Waals surface area contributed by atoms with Gasteiger partial charge in [0.15, 0.2) is 10.3 Å². The average Bonchev–Trinajstić information content (AvgIpc) is 3.22. The Morgan fingerprint density at radius 1 is 1.41 bits per heavy atom. The first-order valence-electron chi connectivity index (χ1n) is 8.95. The second-order valence-corrected chi connectivity index (χ2v) is 8.34. The highest BCUT2D eigenvalue weighted by Gasteiger charge is 2.31. The maximum absolute atomic E-state index is 12.2.